The summed E-state index contributed by atoms with van der Waals surface area (Å²) < 4.78 is 5.74. The number of hydrogen-bond acceptors (Lipinski definition) is 4. The quantitative estimate of drug-likeness (QED) is 0.836. The van der Waals surface area contributed by atoms with Crippen LogP contribution in [-0.2, 0) is 4.74 Å². The number of hydrogen-bond donors (Lipinski definition) is 1. The minimum Gasteiger partial charge on any atom is -0.376 e. The van der Waals surface area contributed by atoms with Gasteiger partial charge in [-0.25, -0.2) is 0 Å². The Kier molecular flexibility index (Phi) is 4.14. The summed E-state index contributed by atoms with van der Waals surface area (Å²) in [7, 11) is 0. The predicted molar refractivity (Wildman–Crippen MR) is 77.3 cm³/mol. The second-order valence-corrected chi connectivity index (χ2v) is 6.95. The van der Waals surface area contributed by atoms with Crippen molar-refractivity contribution in [3.05, 3.63) is 0 Å². The van der Waals surface area contributed by atoms with Gasteiger partial charge in [-0.2, -0.15) is 0 Å². The summed E-state index contributed by atoms with van der Waals surface area (Å²) in [6.07, 6.45) is 9.76. The van der Waals surface area contributed by atoms with E-state index in [0.29, 0.717) is 11.5 Å². The average Bonchev–Trinajstić information content (AvgIpc) is 2.88. The number of amidine groups is 1. The molecule has 3 aliphatic rings. The summed E-state index contributed by atoms with van der Waals surface area (Å²) in [5, 5.41) is 4.64. The van der Waals surface area contributed by atoms with Gasteiger partial charge in [-0.3, -0.25) is 4.99 Å². The van der Waals surface area contributed by atoms with Crippen molar-refractivity contribution < 1.29 is 4.74 Å². The summed E-state index contributed by atoms with van der Waals surface area (Å²) in [6, 6.07) is 0. The highest BCUT2D eigenvalue weighted by Gasteiger charge is 2.36. The van der Waals surface area contributed by atoms with E-state index in [9.17, 15) is 0 Å². The summed E-state index contributed by atoms with van der Waals surface area (Å²) in [4.78, 5) is 4.76. The Hall–Kier alpha value is -0.220. The lowest BCUT2D eigenvalue weighted by molar-refractivity contribution is 0.0196. The van der Waals surface area contributed by atoms with E-state index in [1.54, 1.807) is 0 Å². The van der Waals surface area contributed by atoms with Gasteiger partial charge in [0.05, 0.1) is 6.10 Å². The van der Waals surface area contributed by atoms with E-state index in [4.69, 9.17) is 9.73 Å². The maximum Gasteiger partial charge on any atom is 0.156 e. The van der Waals surface area contributed by atoms with Crippen LogP contribution in [0.3, 0.4) is 0 Å². The molecule has 1 N–H and O–H groups in total. The number of nitrogens with zero attached hydrogens (tertiary/aromatic N) is 1. The molecule has 0 aromatic rings. The molecule has 0 radical (unpaired) electrons. The first-order chi connectivity index (χ1) is 8.86. The Morgan fingerprint density at radius 1 is 1.28 bits per heavy atom. The van der Waals surface area contributed by atoms with Crippen molar-refractivity contribution in [2.24, 2.45) is 10.4 Å². The van der Waals surface area contributed by atoms with Crippen LogP contribution in [0.5, 0.6) is 0 Å². The number of aliphatic imine (C=N–C) groups is 1. The minimum atomic E-state index is 0.407. The molecule has 1 spiro atoms. The fourth-order valence-electron chi connectivity index (χ4n) is 3.26. The van der Waals surface area contributed by atoms with Gasteiger partial charge in [0, 0.05) is 25.4 Å². The van der Waals surface area contributed by atoms with Gasteiger partial charge in [0.1, 0.15) is 0 Å². The highest BCUT2D eigenvalue weighted by Crippen LogP contribution is 2.43. The number of ether oxygens (including phenoxy) is 1. The van der Waals surface area contributed by atoms with Crippen molar-refractivity contribution in [1.29, 1.82) is 0 Å². The summed E-state index contributed by atoms with van der Waals surface area (Å²) in [5.74, 6) is 1.27. The minimum absolute atomic E-state index is 0.407. The van der Waals surface area contributed by atoms with Crippen LogP contribution >= 0.6 is 11.8 Å². The Morgan fingerprint density at radius 3 is 2.83 bits per heavy atom. The summed E-state index contributed by atoms with van der Waals surface area (Å²) >= 11 is 1.93. The van der Waals surface area contributed by atoms with Crippen molar-refractivity contribution in [3.63, 3.8) is 0 Å². The molecule has 1 saturated carbocycles. The van der Waals surface area contributed by atoms with Crippen molar-refractivity contribution >= 4 is 16.9 Å². The van der Waals surface area contributed by atoms with E-state index in [0.717, 1.165) is 24.9 Å². The topological polar surface area (TPSA) is 33.6 Å². The molecule has 0 aromatic carbocycles. The molecule has 1 saturated heterocycles. The Morgan fingerprint density at radius 2 is 2.17 bits per heavy atom. The van der Waals surface area contributed by atoms with Crippen LogP contribution in [0.1, 0.15) is 44.9 Å². The summed E-state index contributed by atoms with van der Waals surface area (Å²) in [6.45, 7) is 2.93. The van der Waals surface area contributed by atoms with Gasteiger partial charge < -0.3 is 10.1 Å². The van der Waals surface area contributed by atoms with Crippen LogP contribution in [0.25, 0.3) is 0 Å². The number of thioether (sulfide) groups is 1. The van der Waals surface area contributed by atoms with Gasteiger partial charge in [0.25, 0.3) is 0 Å². The van der Waals surface area contributed by atoms with E-state index < -0.39 is 0 Å². The van der Waals surface area contributed by atoms with E-state index in [1.165, 1.54) is 50.7 Å². The maximum atomic E-state index is 5.74. The monoisotopic (exact) mass is 268 g/mol. The first-order valence-electron chi connectivity index (χ1n) is 7.39. The van der Waals surface area contributed by atoms with Crippen molar-refractivity contribution in [3.8, 4) is 0 Å². The first-order valence-corrected chi connectivity index (χ1v) is 8.38. The molecule has 0 aromatic heterocycles. The molecule has 2 fully saturated rings. The molecule has 18 heavy (non-hydrogen) atoms. The van der Waals surface area contributed by atoms with Crippen LogP contribution in [-0.4, -0.2) is 36.7 Å². The molecule has 2 heterocycles. The van der Waals surface area contributed by atoms with Crippen molar-refractivity contribution in [2.75, 3.05) is 25.4 Å². The predicted octanol–water partition coefficient (Wildman–Crippen LogP) is 2.81. The highest BCUT2D eigenvalue weighted by molar-refractivity contribution is 8.13. The molecular formula is C14H24N2OS. The fraction of sp³-hybridized carbons (Fsp3) is 0.929. The molecule has 2 aliphatic heterocycles. The molecule has 102 valence electrons. The smallest absolute Gasteiger partial charge is 0.156 e. The number of nitrogens with one attached hydrogen (secondary N) is 1. The second kappa shape index (κ2) is 5.83. The maximum absolute atomic E-state index is 5.74. The lowest BCUT2D eigenvalue weighted by Gasteiger charge is -2.31. The Bertz CT molecular complexity index is 307. The molecular weight excluding hydrogens is 244 g/mol. The van der Waals surface area contributed by atoms with Gasteiger partial charge in [-0.05, 0) is 37.5 Å². The molecule has 1 atom stereocenters. The van der Waals surface area contributed by atoms with Gasteiger partial charge in [0.2, 0.25) is 0 Å². The van der Waals surface area contributed by atoms with E-state index in [2.05, 4.69) is 5.32 Å². The SMILES string of the molecule is C1CCC(CNC2=NCC3(CCCC3)CS2)OC1. The highest BCUT2D eigenvalue weighted by atomic mass is 32.2. The van der Waals surface area contributed by atoms with Crippen LogP contribution in [0.15, 0.2) is 4.99 Å². The lowest BCUT2D eigenvalue weighted by atomic mass is 9.89. The third-order valence-corrected chi connectivity index (χ3v) is 5.80. The molecule has 3 rings (SSSR count). The molecule has 0 bridgehead atoms. The van der Waals surface area contributed by atoms with Crippen molar-refractivity contribution in [1.82, 2.24) is 5.32 Å². The lowest BCUT2D eigenvalue weighted by Crippen LogP contribution is -2.38. The molecule has 0 amide bonds. The third kappa shape index (κ3) is 3.02. The van der Waals surface area contributed by atoms with E-state index in [1.807, 2.05) is 11.8 Å². The van der Waals surface area contributed by atoms with E-state index in [-0.39, 0.29) is 0 Å². The van der Waals surface area contributed by atoms with Gasteiger partial charge in [0.15, 0.2) is 5.17 Å². The van der Waals surface area contributed by atoms with Gasteiger partial charge >= 0.3 is 0 Å². The van der Waals surface area contributed by atoms with Crippen LogP contribution in [0, 0.1) is 5.41 Å². The van der Waals surface area contributed by atoms with E-state index >= 15 is 0 Å². The third-order valence-electron chi connectivity index (χ3n) is 4.49. The van der Waals surface area contributed by atoms with Crippen molar-refractivity contribution in [2.45, 2.75) is 51.0 Å². The largest absolute Gasteiger partial charge is 0.376 e. The van der Waals surface area contributed by atoms with Gasteiger partial charge in [-0.15, -0.1) is 0 Å². The molecule has 1 unspecified atom stereocenters. The second-order valence-electron chi connectivity index (χ2n) is 5.99. The Balaban J connectivity index is 1.45. The fourth-order valence-corrected chi connectivity index (χ4v) is 4.42. The molecule has 3 nitrogen and oxygen atoms in total. The normalized spacial score (nSPS) is 31.3. The van der Waals surface area contributed by atoms with Crippen LogP contribution in [0.4, 0.5) is 0 Å². The van der Waals surface area contributed by atoms with Gasteiger partial charge in [-0.1, -0.05) is 24.6 Å². The average molecular weight is 268 g/mol. The number of rotatable bonds is 2. The van der Waals surface area contributed by atoms with Crippen LogP contribution in [0.2, 0.25) is 0 Å². The zero-order chi connectivity index (χ0) is 12.3. The summed E-state index contributed by atoms with van der Waals surface area (Å²) in [5.41, 5.74) is 0.553. The molecule has 1 aliphatic carbocycles. The Labute approximate surface area is 114 Å². The first kappa shape index (κ1) is 12.8. The standard InChI is InChI=1S/C14H24N2OS/c1-4-8-17-12(5-1)9-15-13-16-10-14(11-18-13)6-2-3-7-14/h12H,1-11H2,(H,15,16). The molecule has 4 heteroatoms. The zero-order valence-corrected chi connectivity index (χ0v) is 11.9. The zero-order valence-electron chi connectivity index (χ0n) is 11.1. The van der Waals surface area contributed by atoms with Crippen LogP contribution < -0.4 is 5.32 Å².